The number of methoxy groups -OCH3 is 1. The largest absolute Gasteiger partial charge is 0.396 e. The first-order valence-corrected chi connectivity index (χ1v) is 7.14. The number of ether oxygens (including phenoxy) is 1. The van der Waals surface area contributed by atoms with E-state index in [2.05, 4.69) is 0 Å². The van der Waals surface area contributed by atoms with Gasteiger partial charge in [-0.15, -0.1) is 0 Å². The molecule has 0 spiro atoms. The molecule has 7 atom stereocenters. The zero-order valence-corrected chi connectivity index (χ0v) is 11.3. The van der Waals surface area contributed by atoms with Gasteiger partial charge in [-0.25, -0.2) is 13.2 Å². The van der Waals surface area contributed by atoms with Crippen molar-refractivity contribution < 1.29 is 23.0 Å². The summed E-state index contributed by atoms with van der Waals surface area (Å²) >= 11 is 0. The molecule has 0 bridgehead atoms. The van der Waals surface area contributed by atoms with Gasteiger partial charge in [0, 0.05) is 26.1 Å². The Morgan fingerprint density at radius 3 is 2.26 bits per heavy atom. The number of alkyl halides is 3. The van der Waals surface area contributed by atoms with Gasteiger partial charge in [-0.1, -0.05) is 0 Å². The van der Waals surface area contributed by atoms with Crippen molar-refractivity contribution >= 4 is 0 Å². The molecule has 0 aromatic carbocycles. The van der Waals surface area contributed by atoms with Crippen LogP contribution < -0.4 is 0 Å². The minimum Gasteiger partial charge on any atom is -0.396 e. The van der Waals surface area contributed by atoms with Crippen LogP contribution in [0.4, 0.5) is 13.2 Å². The fourth-order valence-electron chi connectivity index (χ4n) is 3.66. The second-order valence-electron chi connectivity index (χ2n) is 5.92. The van der Waals surface area contributed by atoms with Crippen molar-refractivity contribution in [3.63, 3.8) is 0 Å². The summed E-state index contributed by atoms with van der Waals surface area (Å²) in [5.74, 6) is -1.58. The highest BCUT2D eigenvalue weighted by atomic mass is 19.2. The third kappa shape index (κ3) is 3.07. The van der Waals surface area contributed by atoms with Gasteiger partial charge in [0.1, 0.15) is 18.5 Å². The molecule has 2 fully saturated rings. The number of halogens is 3. The van der Waals surface area contributed by atoms with E-state index < -0.39 is 36.3 Å². The quantitative estimate of drug-likeness (QED) is 0.861. The van der Waals surface area contributed by atoms with Gasteiger partial charge in [-0.3, -0.25) is 0 Å². The molecule has 0 aromatic heterocycles. The Bertz CT molecular complexity index is 290. The van der Waals surface area contributed by atoms with Crippen LogP contribution in [0.2, 0.25) is 0 Å². The summed E-state index contributed by atoms with van der Waals surface area (Å²) in [5.41, 5.74) is 0. The summed E-state index contributed by atoms with van der Waals surface area (Å²) in [6.45, 7) is -0.330. The Morgan fingerprint density at radius 1 is 1.00 bits per heavy atom. The smallest absolute Gasteiger partial charge is 0.136 e. The van der Waals surface area contributed by atoms with Gasteiger partial charge < -0.3 is 9.84 Å². The Morgan fingerprint density at radius 2 is 1.68 bits per heavy atom. The molecular formula is C14H23F3O2. The molecule has 0 heterocycles. The number of hydrogen-bond acceptors (Lipinski definition) is 2. The first-order valence-electron chi connectivity index (χ1n) is 7.14. The number of aliphatic hydroxyl groups excluding tert-OH is 1. The summed E-state index contributed by atoms with van der Waals surface area (Å²) in [6.07, 6.45) is -2.05. The maximum Gasteiger partial charge on any atom is 0.136 e. The van der Waals surface area contributed by atoms with Crippen molar-refractivity contribution in [3.05, 3.63) is 0 Å². The highest BCUT2D eigenvalue weighted by Gasteiger charge is 2.46. The van der Waals surface area contributed by atoms with E-state index in [-0.39, 0.29) is 19.1 Å². The van der Waals surface area contributed by atoms with Crippen molar-refractivity contribution in [3.8, 4) is 0 Å². The topological polar surface area (TPSA) is 29.5 Å². The van der Waals surface area contributed by atoms with Crippen LogP contribution in [0.3, 0.4) is 0 Å². The van der Waals surface area contributed by atoms with Gasteiger partial charge in [0.25, 0.3) is 0 Å². The Kier molecular flexibility index (Phi) is 5.12. The molecule has 1 N–H and O–H groups in total. The van der Waals surface area contributed by atoms with Gasteiger partial charge in [0.15, 0.2) is 0 Å². The molecule has 2 nitrogen and oxygen atoms in total. The highest BCUT2D eigenvalue weighted by molar-refractivity contribution is 4.95. The Labute approximate surface area is 112 Å². The lowest BCUT2D eigenvalue weighted by molar-refractivity contribution is -0.0606. The maximum atomic E-state index is 14.1. The first kappa shape index (κ1) is 15.1. The second-order valence-corrected chi connectivity index (χ2v) is 5.92. The van der Waals surface area contributed by atoms with E-state index in [9.17, 15) is 13.2 Å². The van der Waals surface area contributed by atoms with Crippen LogP contribution in [0, 0.1) is 17.8 Å². The predicted molar refractivity (Wildman–Crippen MR) is 66.1 cm³/mol. The van der Waals surface area contributed by atoms with Crippen molar-refractivity contribution in [1.82, 2.24) is 0 Å². The standard InChI is InChI=1S/C14H23F3O2/c1-19-9-3-5-10(12(15)6-9)11-4-2-8(7-18)13(16)14(11)17/h8-14,18H,2-7H2,1H3. The lowest BCUT2D eigenvalue weighted by Gasteiger charge is -2.42. The molecule has 0 radical (unpaired) electrons. The van der Waals surface area contributed by atoms with E-state index in [0.717, 1.165) is 0 Å². The van der Waals surface area contributed by atoms with Crippen LogP contribution in [0.5, 0.6) is 0 Å². The lowest BCUT2D eigenvalue weighted by Crippen LogP contribution is -2.46. The third-order valence-electron chi connectivity index (χ3n) is 4.93. The monoisotopic (exact) mass is 280 g/mol. The zero-order chi connectivity index (χ0) is 14.0. The summed E-state index contributed by atoms with van der Waals surface area (Å²) < 4.78 is 47.2. The Balaban J connectivity index is 1.98. The van der Waals surface area contributed by atoms with Crippen LogP contribution in [-0.2, 0) is 4.74 Å². The molecule has 19 heavy (non-hydrogen) atoms. The molecule has 0 amide bonds. The van der Waals surface area contributed by atoms with Gasteiger partial charge in [-0.05, 0) is 37.5 Å². The summed E-state index contributed by atoms with van der Waals surface area (Å²) in [4.78, 5) is 0. The highest BCUT2D eigenvalue weighted by Crippen LogP contribution is 2.43. The first-order chi connectivity index (χ1) is 9.08. The minimum atomic E-state index is -1.66. The fraction of sp³-hybridized carbons (Fsp3) is 1.00. The molecule has 2 aliphatic carbocycles. The van der Waals surface area contributed by atoms with Gasteiger partial charge in [-0.2, -0.15) is 0 Å². The van der Waals surface area contributed by atoms with E-state index in [1.54, 1.807) is 7.11 Å². The number of hydrogen-bond donors (Lipinski definition) is 1. The fourth-order valence-corrected chi connectivity index (χ4v) is 3.66. The van der Waals surface area contributed by atoms with Crippen molar-refractivity contribution in [2.75, 3.05) is 13.7 Å². The molecule has 2 aliphatic rings. The number of rotatable bonds is 3. The maximum absolute atomic E-state index is 14.1. The van der Waals surface area contributed by atoms with Crippen LogP contribution in [0.25, 0.3) is 0 Å². The molecule has 2 saturated carbocycles. The summed E-state index contributed by atoms with van der Waals surface area (Å²) in [6, 6.07) is 0. The molecule has 2 rings (SSSR count). The van der Waals surface area contributed by atoms with Gasteiger partial charge in [0.2, 0.25) is 0 Å². The van der Waals surface area contributed by atoms with E-state index in [4.69, 9.17) is 9.84 Å². The minimum absolute atomic E-state index is 0.0979. The van der Waals surface area contributed by atoms with Crippen LogP contribution in [0.15, 0.2) is 0 Å². The van der Waals surface area contributed by atoms with Crippen molar-refractivity contribution in [1.29, 1.82) is 0 Å². The van der Waals surface area contributed by atoms with E-state index in [1.165, 1.54) is 0 Å². The van der Waals surface area contributed by atoms with Gasteiger partial charge in [0.05, 0.1) is 6.10 Å². The average molecular weight is 280 g/mol. The second kappa shape index (κ2) is 6.44. The average Bonchev–Trinajstić information content (AvgIpc) is 2.42. The van der Waals surface area contributed by atoms with Crippen molar-refractivity contribution in [2.24, 2.45) is 17.8 Å². The molecule has 0 aromatic rings. The molecule has 5 heteroatoms. The summed E-state index contributed by atoms with van der Waals surface area (Å²) in [5, 5.41) is 9.00. The predicted octanol–water partition coefficient (Wildman–Crippen LogP) is 2.83. The van der Waals surface area contributed by atoms with E-state index in [0.29, 0.717) is 25.7 Å². The molecular weight excluding hydrogens is 257 g/mol. The molecule has 112 valence electrons. The summed E-state index contributed by atoms with van der Waals surface area (Å²) in [7, 11) is 1.56. The van der Waals surface area contributed by atoms with Crippen LogP contribution in [-0.4, -0.2) is 43.4 Å². The normalized spacial score (nSPS) is 48.2. The van der Waals surface area contributed by atoms with E-state index in [1.807, 2.05) is 0 Å². The Hall–Kier alpha value is -0.290. The van der Waals surface area contributed by atoms with Crippen LogP contribution in [0.1, 0.15) is 32.1 Å². The van der Waals surface area contributed by atoms with Crippen molar-refractivity contribution in [2.45, 2.75) is 56.7 Å². The molecule has 0 aliphatic heterocycles. The van der Waals surface area contributed by atoms with Crippen LogP contribution >= 0.6 is 0 Å². The molecule has 7 unspecified atom stereocenters. The lowest BCUT2D eigenvalue weighted by atomic mass is 9.68. The SMILES string of the molecule is COC1CCC(C2CCC(CO)C(F)C2F)C(F)C1. The van der Waals surface area contributed by atoms with E-state index >= 15 is 0 Å². The van der Waals surface area contributed by atoms with Gasteiger partial charge >= 0.3 is 0 Å². The molecule has 0 saturated heterocycles. The zero-order valence-electron chi connectivity index (χ0n) is 11.3. The third-order valence-corrected chi connectivity index (χ3v) is 4.93. The number of aliphatic hydroxyl groups is 1.